The lowest BCUT2D eigenvalue weighted by atomic mass is 9.91. The van der Waals surface area contributed by atoms with E-state index in [-0.39, 0.29) is 12.2 Å². The minimum Gasteiger partial charge on any atom is -0.481 e. The average Bonchev–Trinajstić information content (AvgIpc) is 2.61. The lowest BCUT2D eigenvalue weighted by Crippen LogP contribution is -2.23. The third kappa shape index (κ3) is 6.02. The van der Waals surface area contributed by atoms with Gasteiger partial charge in [0.15, 0.2) is 0 Å². The third-order valence-corrected chi connectivity index (χ3v) is 4.15. The Hall–Kier alpha value is -2.71. The molecule has 0 fully saturated rings. The van der Waals surface area contributed by atoms with E-state index in [1.807, 2.05) is 6.07 Å². The highest BCUT2D eigenvalue weighted by Gasteiger charge is 2.22. The van der Waals surface area contributed by atoms with Crippen molar-refractivity contribution < 1.29 is 19.4 Å². The highest BCUT2D eigenvalue weighted by Crippen LogP contribution is 2.18. The van der Waals surface area contributed by atoms with Gasteiger partial charge in [-0.2, -0.15) is 5.26 Å². The molecule has 0 amide bonds. The zero-order chi connectivity index (χ0) is 18.2. The van der Waals surface area contributed by atoms with Crippen LogP contribution in [0.25, 0.3) is 0 Å². The van der Waals surface area contributed by atoms with Gasteiger partial charge in [0.1, 0.15) is 5.82 Å². The van der Waals surface area contributed by atoms with E-state index in [2.05, 4.69) is 0 Å². The number of carboxylic acids is 1. The Labute approximate surface area is 146 Å². The predicted molar refractivity (Wildman–Crippen MR) is 91.3 cm³/mol. The quantitative estimate of drug-likeness (QED) is 0.772. The van der Waals surface area contributed by atoms with E-state index in [9.17, 15) is 19.4 Å². The number of halogens is 1. The van der Waals surface area contributed by atoms with E-state index in [0.29, 0.717) is 24.8 Å². The van der Waals surface area contributed by atoms with Gasteiger partial charge in [-0.05, 0) is 61.1 Å². The highest BCUT2D eigenvalue weighted by atomic mass is 19.1. The van der Waals surface area contributed by atoms with Crippen molar-refractivity contribution in [3.05, 3.63) is 71.0 Å². The van der Waals surface area contributed by atoms with Crippen LogP contribution in [0.15, 0.2) is 48.5 Å². The molecule has 0 saturated carbocycles. The summed E-state index contributed by atoms with van der Waals surface area (Å²) in [7, 11) is 0. The van der Waals surface area contributed by atoms with Crippen molar-refractivity contribution in [2.24, 2.45) is 5.92 Å². The van der Waals surface area contributed by atoms with Crippen LogP contribution in [-0.4, -0.2) is 22.3 Å². The molecule has 0 bridgehead atoms. The molecule has 2 N–H and O–H groups in total. The Bertz CT molecular complexity index is 735. The van der Waals surface area contributed by atoms with Crippen LogP contribution in [0, 0.1) is 23.1 Å². The molecular formula is C20H20FNO3. The molecule has 2 aromatic rings. The van der Waals surface area contributed by atoms with Crippen LogP contribution in [-0.2, 0) is 17.6 Å². The highest BCUT2D eigenvalue weighted by molar-refractivity contribution is 5.70. The molecule has 5 heteroatoms. The van der Waals surface area contributed by atoms with Crippen LogP contribution < -0.4 is 0 Å². The van der Waals surface area contributed by atoms with E-state index in [1.54, 1.807) is 36.4 Å². The van der Waals surface area contributed by atoms with Gasteiger partial charge in [-0.1, -0.05) is 24.3 Å². The zero-order valence-electron chi connectivity index (χ0n) is 13.7. The molecule has 0 radical (unpaired) electrons. The molecule has 0 saturated heterocycles. The van der Waals surface area contributed by atoms with Gasteiger partial charge < -0.3 is 10.2 Å². The minimum absolute atomic E-state index is 0.149. The zero-order valence-corrected chi connectivity index (χ0v) is 13.7. The van der Waals surface area contributed by atoms with Gasteiger partial charge in [-0.3, -0.25) is 4.79 Å². The summed E-state index contributed by atoms with van der Waals surface area (Å²) < 4.78 is 12.9. The van der Waals surface area contributed by atoms with Crippen molar-refractivity contribution in [1.82, 2.24) is 0 Å². The van der Waals surface area contributed by atoms with Gasteiger partial charge in [0.2, 0.25) is 0 Å². The van der Waals surface area contributed by atoms with E-state index in [1.165, 1.54) is 12.1 Å². The SMILES string of the molecule is N#Cc1ccc(C[C@H](C[C@@H](O)CCc2ccc(F)cc2)C(=O)O)cc1. The molecule has 0 spiro atoms. The monoisotopic (exact) mass is 341 g/mol. The summed E-state index contributed by atoms with van der Waals surface area (Å²) >= 11 is 0. The Balaban J connectivity index is 1.89. The molecule has 2 rings (SSSR count). The van der Waals surface area contributed by atoms with Crippen molar-refractivity contribution in [3.63, 3.8) is 0 Å². The second kappa shape index (κ2) is 8.95. The summed E-state index contributed by atoms with van der Waals surface area (Å²) in [6.07, 6.45) is 0.683. The topological polar surface area (TPSA) is 81.3 Å². The third-order valence-electron chi connectivity index (χ3n) is 4.15. The molecule has 0 aromatic heterocycles. The first-order valence-electron chi connectivity index (χ1n) is 8.12. The molecule has 25 heavy (non-hydrogen) atoms. The molecule has 0 unspecified atom stereocenters. The average molecular weight is 341 g/mol. The van der Waals surface area contributed by atoms with Crippen molar-refractivity contribution in [3.8, 4) is 6.07 Å². The predicted octanol–water partition coefficient (Wildman–Crippen LogP) is 3.32. The van der Waals surface area contributed by atoms with Gasteiger partial charge >= 0.3 is 5.97 Å². The molecule has 0 aliphatic heterocycles. The number of aryl methyl sites for hydroxylation is 1. The summed E-state index contributed by atoms with van der Waals surface area (Å²) in [5, 5.41) is 28.3. The lowest BCUT2D eigenvalue weighted by molar-refractivity contribution is -0.142. The number of carboxylic acid groups (broad SMARTS) is 1. The van der Waals surface area contributed by atoms with Gasteiger partial charge in [-0.25, -0.2) is 4.39 Å². The van der Waals surface area contributed by atoms with E-state index in [4.69, 9.17) is 5.26 Å². The summed E-state index contributed by atoms with van der Waals surface area (Å²) in [6.45, 7) is 0. The fourth-order valence-electron chi connectivity index (χ4n) is 2.70. The first-order chi connectivity index (χ1) is 12.0. The maximum Gasteiger partial charge on any atom is 0.306 e. The van der Waals surface area contributed by atoms with Crippen molar-refractivity contribution in [2.75, 3.05) is 0 Å². The standard InChI is InChI=1S/C20H20FNO3/c21-18-8-5-14(6-9-18)7-10-19(23)12-17(20(24)25)11-15-1-3-16(13-22)4-2-15/h1-6,8-9,17,19,23H,7,10-12H2,(H,24,25)/t17-,19+/m1/s1. The van der Waals surface area contributed by atoms with Crippen molar-refractivity contribution in [2.45, 2.75) is 31.8 Å². The summed E-state index contributed by atoms with van der Waals surface area (Å²) in [5.41, 5.74) is 2.24. The Morgan fingerprint density at radius 2 is 1.68 bits per heavy atom. The van der Waals surface area contributed by atoms with Gasteiger partial charge in [0.05, 0.1) is 23.7 Å². The number of nitriles is 1. The maximum absolute atomic E-state index is 12.9. The Morgan fingerprint density at radius 1 is 1.08 bits per heavy atom. The fraction of sp³-hybridized carbons (Fsp3) is 0.300. The number of benzene rings is 2. The van der Waals surface area contributed by atoms with Crippen molar-refractivity contribution in [1.29, 1.82) is 5.26 Å². The normalized spacial score (nSPS) is 13.0. The van der Waals surface area contributed by atoms with E-state index < -0.39 is 18.0 Å². The van der Waals surface area contributed by atoms with Crippen molar-refractivity contribution >= 4 is 5.97 Å². The lowest BCUT2D eigenvalue weighted by Gasteiger charge is -2.17. The molecule has 4 nitrogen and oxygen atoms in total. The molecule has 2 aromatic carbocycles. The van der Waals surface area contributed by atoms with Crippen LogP contribution >= 0.6 is 0 Å². The van der Waals surface area contributed by atoms with E-state index in [0.717, 1.165) is 11.1 Å². The number of aliphatic hydroxyl groups excluding tert-OH is 1. The second-order valence-corrected chi connectivity index (χ2v) is 6.10. The van der Waals surface area contributed by atoms with Crippen LogP contribution in [0.1, 0.15) is 29.5 Å². The Kier molecular flexibility index (Phi) is 6.67. The molecule has 0 aliphatic carbocycles. The first-order valence-corrected chi connectivity index (χ1v) is 8.12. The van der Waals surface area contributed by atoms with Crippen LogP contribution in [0.5, 0.6) is 0 Å². The summed E-state index contributed by atoms with van der Waals surface area (Å²) in [6, 6.07) is 14.8. The second-order valence-electron chi connectivity index (χ2n) is 6.10. The summed E-state index contributed by atoms with van der Waals surface area (Å²) in [4.78, 5) is 11.5. The number of hydrogen-bond acceptors (Lipinski definition) is 3. The number of nitrogens with zero attached hydrogens (tertiary/aromatic N) is 1. The number of aliphatic carboxylic acids is 1. The molecule has 0 aliphatic rings. The minimum atomic E-state index is -0.954. The first kappa shape index (κ1) is 18.6. The van der Waals surface area contributed by atoms with Gasteiger partial charge in [0.25, 0.3) is 0 Å². The van der Waals surface area contributed by atoms with Crippen LogP contribution in [0.2, 0.25) is 0 Å². The Morgan fingerprint density at radius 3 is 2.24 bits per heavy atom. The summed E-state index contributed by atoms with van der Waals surface area (Å²) in [5.74, 6) is -1.96. The number of hydrogen-bond donors (Lipinski definition) is 2. The number of carbonyl (C=O) groups is 1. The van der Waals surface area contributed by atoms with Crippen LogP contribution in [0.3, 0.4) is 0 Å². The van der Waals surface area contributed by atoms with E-state index >= 15 is 0 Å². The molecule has 2 atom stereocenters. The molecular weight excluding hydrogens is 321 g/mol. The maximum atomic E-state index is 12.9. The van der Waals surface area contributed by atoms with Gasteiger partial charge in [0, 0.05) is 0 Å². The van der Waals surface area contributed by atoms with Crippen LogP contribution in [0.4, 0.5) is 4.39 Å². The smallest absolute Gasteiger partial charge is 0.306 e. The molecule has 130 valence electrons. The fourth-order valence-corrected chi connectivity index (χ4v) is 2.70. The molecule has 0 heterocycles. The largest absolute Gasteiger partial charge is 0.481 e. The number of aliphatic hydroxyl groups is 1. The number of rotatable bonds is 8. The van der Waals surface area contributed by atoms with Gasteiger partial charge in [-0.15, -0.1) is 0 Å².